The molecular formula is C27H28N6O3S. The minimum absolute atomic E-state index is 0.0683. The van der Waals surface area contributed by atoms with Crippen LogP contribution in [0.1, 0.15) is 16.0 Å². The number of anilines is 2. The Balaban J connectivity index is 1.44. The molecule has 1 fully saturated rings. The van der Waals surface area contributed by atoms with E-state index in [0.717, 1.165) is 45.3 Å². The van der Waals surface area contributed by atoms with E-state index in [1.807, 2.05) is 42.5 Å². The van der Waals surface area contributed by atoms with Crippen molar-refractivity contribution in [3.8, 4) is 17.1 Å². The molecule has 1 amide bonds. The zero-order valence-electron chi connectivity index (χ0n) is 20.5. The second-order valence-electron chi connectivity index (χ2n) is 8.66. The van der Waals surface area contributed by atoms with E-state index in [1.54, 1.807) is 24.5 Å². The summed E-state index contributed by atoms with van der Waals surface area (Å²) >= 11 is 1.58. The quantitative estimate of drug-likeness (QED) is 0.241. The maximum absolute atomic E-state index is 12.6. The lowest BCUT2D eigenvalue weighted by Crippen LogP contribution is -2.36. The number of nitrogens with one attached hydrogen (secondary N) is 2. The second kappa shape index (κ2) is 10.9. The summed E-state index contributed by atoms with van der Waals surface area (Å²) in [5.74, 6) is 2.01. The topological polar surface area (TPSA) is 126 Å². The van der Waals surface area contributed by atoms with Gasteiger partial charge in [-0.2, -0.15) is 0 Å². The fourth-order valence-electron chi connectivity index (χ4n) is 4.32. The summed E-state index contributed by atoms with van der Waals surface area (Å²) in [5.41, 5.74) is 9.63. The predicted molar refractivity (Wildman–Crippen MR) is 147 cm³/mol. The van der Waals surface area contributed by atoms with Gasteiger partial charge in [0, 0.05) is 41.0 Å². The average Bonchev–Trinajstić information content (AvgIpc) is 3.35. The van der Waals surface area contributed by atoms with Crippen LogP contribution in [-0.2, 0) is 22.5 Å². The average molecular weight is 517 g/mol. The minimum Gasteiger partial charge on any atom is -0.497 e. The van der Waals surface area contributed by atoms with Crippen LogP contribution in [0.5, 0.6) is 5.75 Å². The van der Waals surface area contributed by atoms with Gasteiger partial charge in [0.2, 0.25) is 5.91 Å². The summed E-state index contributed by atoms with van der Waals surface area (Å²) in [6.45, 7) is 3.10. The van der Waals surface area contributed by atoms with Crippen molar-refractivity contribution >= 4 is 45.2 Å². The molecule has 190 valence electrons. The van der Waals surface area contributed by atoms with Gasteiger partial charge in [-0.25, -0.2) is 9.97 Å². The molecule has 1 aliphatic rings. The van der Waals surface area contributed by atoms with Gasteiger partial charge in [-0.1, -0.05) is 24.3 Å². The smallest absolute Gasteiger partial charge is 0.224 e. The number of fused-ring (bicyclic) bond motifs is 1. The lowest BCUT2D eigenvalue weighted by molar-refractivity contribution is -0.120. The van der Waals surface area contributed by atoms with E-state index in [-0.39, 0.29) is 12.3 Å². The van der Waals surface area contributed by atoms with E-state index in [4.69, 9.17) is 30.6 Å². The van der Waals surface area contributed by atoms with Gasteiger partial charge in [0.05, 0.1) is 43.5 Å². The monoisotopic (exact) mass is 516 g/mol. The van der Waals surface area contributed by atoms with E-state index in [9.17, 15) is 4.79 Å². The van der Waals surface area contributed by atoms with Crippen molar-refractivity contribution in [3.63, 3.8) is 0 Å². The highest BCUT2D eigenvalue weighted by atomic mass is 32.1. The number of carbonyl (C=O) groups is 1. The molecule has 1 aliphatic heterocycles. The third-order valence-corrected chi connectivity index (χ3v) is 7.32. The normalized spacial score (nSPS) is 13.5. The van der Waals surface area contributed by atoms with E-state index in [0.29, 0.717) is 42.4 Å². The summed E-state index contributed by atoms with van der Waals surface area (Å²) in [6.07, 6.45) is 1.51. The number of hydrogen-bond acceptors (Lipinski definition) is 9. The molecule has 3 heterocycles. The summed E-state index contributed by atoms with van der Waals surface area (Å²) in [5, 5.41) is 10.9. The fourth-order valence-corrected chi connectivity index (χ4v) is 5.37. The van der Waals surface area contributed by atoms with Gasteiger partial charge >= 0.3 is 0 Å². The molecule has 2 aromatic carbocycles. The Hall–Kier alpha value is -4.02. The summed E-state index contributed by atoms with van der Waals surface area (Å²) < 4.78 is 11.8. The first-order chi connectivity index (χ1) is 18.1. The van der Waals surface area contributed by atoms with Crippen molar-refractivity contribution in [2.75, 3.05) is 44.0 Å². The molecule has 0 unspecified atom stereocenters. The molecule has 9 nitrogen and oxygen atoms in total. The van der Waals surface area contributed by atoms with Gasteiger partial charge in [-0.3, -0.25) is 4.79 Å². The van der Waals surface area contributed by atoms with Crippen molar-refractivity contribution < 1.29 is 14.3 Å². The summed E-state index contributed by atoms with van der Waals surface area (Å²) in [6, 6.07) is 15.0. The number of nitrogens with zero attached hydrogens (tertiary/aromatic N) is 3. The van der Waals surface area contributed by atoms with Crippen LogP contribution >= 0.6 is 11.3 Å². The van der Waals surface area contributed by atoms with Crippen LogP contribution in [0.15, 0.2) is 48.5 Å². The van der Waals surface area contributed by atoms with Crippen LogP contribution in [0.4, 0.5) is 11.5 Å². The van der Waals surface area contributed by atoms with E-state index >= 15 is 0 Å². The second-order valence-corrected chi connectivity index (χ2v) is 9.79. The molecule has 1 saturated heterocycles. The third-order valence-electron chi connectivity index (χ3n) is 6.20. The molecule has 5 rings (SSSR count). The summed E-state index contributed by atoms with van der Waals surface area (Å²) in [7, 11) is 1.61. The summed E-state index contributed by atoms with van der Waals surface area (Å²) in [4.78, 5) is 25.6. The van der Waals surface area contributed by atoms with Crippen LogP contribution in [0.25, 0.3) is 21.6 Å². The minimum atomic E-state index is -0.0683. The number of nitrogen functional groups attached to an aromatic ring is 1. The molecule has 0 aliphatic carbocycles. The highest BCUT2D eigenvalue weighted by Gasteiger charge is 2.21. The maximum atomic E-state index is 12.6. The highest BCUT2D eigenvalue weighted by Crippen LogP contribution is 2.35. The number of morpholine rings is 1. The van der Waals surface area contributed by atoms with Crippen molar-refractivity contribution in [2.24, 2.45) is 0 Å². The fraction of sp³-hybridized carbons (Fsp3) is 0.259. The van der Waals surface area contributed by atoms with E-state index in [2.05, 4.69) is 10.2 Å². The highest BCUT2D eigenvalue weighted by molar-refractivity contribution is 7.19. The van der Waals surface area contributed by atoms with Gasteiger partial charge in [0.1, 0.15) is 5.75 Å². The number of rotatable bonds is 8. The number of benzene rings is 2. The first-order valence-electron chi connectivity index (χ1n) is 12.0. The number of hydrogen-bond donors (Lipinski definition) is 3. The molecule has 0 bridgehead atoms. The predicted octanol–water partition coefficient (Wildman–Crippen LogP) is 3.64. The zero-order chi connectivity index (χ0) is 25.8. The zero-order valence-corrected chi connectivity index (χ0v) is 21.3. The number of thiophene rings is 1. The van der Waals surface area contributed by atoms with Crippen molar-refractivity contribution in [1.82, 2.24) is 15.3 Å². The Morgan fingerprint density at radius 3 is 2.81 bits per heavy atom. The molecule has 0 radical (unpaired) electrons. The van der Waals surface area contributed by atoms with Crippen LogP contribution in [0, 0.1) is 5.41 Å². The molecule has 0 saturated carbocycles. The number of ether oxygens (including phenoxy) is 2. The van der Waals surface area contributed by atoms with Crippen LogP contribution in [0.3, 0.4) is 0 Å². The van der Waals surface area contributed by atoms with Gasteiger partial charge in [0.15, 0.2) is 11.6 Å². The molecule has 4 aromatic rings. The van der Waals surface area contributed by atoms with E-state index < -0.39 is 0 Å². The molecular weight excluding hydrogens is 488 g/mol. The van der Waals surface area contributed by atoms with Crippen molar-refractivity contribution in [1.29, 1.82) is 5.41 Å². The van der Waals surface area contributed by atoms with Crippen molar-refractivity contribution in [3.05, 3.63) is 64.5 Å². The van der Waals surface area contributed by atoms with Crippen LogP contribution in [-0.4, -0.2) is 55.5 Å². The van der Waals surface area contributed by atoms with Gasteiger partial charge in [0.25, 0.3) is 0 Å². The van der Waals surface area contributed by atoms with Gasteiger partial charge < -0.3 is 30.8 Å². The molecule has 4 N–H and O–H groups in total. The Morgan fingerprint density at radius 1 is 1.22 bits per heavy atom. The SMILES string of the molecule is COc1cccc(CC(=O)NCc2cc3nc(-c4cccc(N)c4C=N)nc(N4CCOCC4)c3s2)c1. The van der Waals surface area contributed by atoms with Crippen LogP contribution < -0.4 is 20.7 Å². The van der Waals surface area contributed by atoms with Gasteiger partial charge in [-0.15, -0.1) is 11.3 Å². The van der Waals surface area contributed by atoms with Gasteiger partial charge in [-0.05, 0) is 29.8 Å². The molecule has 0 spiro atoms. The number of amides is 1. The largest absolute Gasteiger partial charge is 0.497 e. The number of methoxy groups -OCH3 is 1. The maximum Gasteiger partial charge on any atom is 0.224 e. The van der Waals surface area contributed by atoms with Crippen molar-refractivity contribution in [2.45, 2.75) is 13.0 Å². The molecule has 0 atom stereocenters. The standard InChI is InChI=1S/C27H28N6O3S/c1-35-18-5-2-4-17(12-18)13-24(34)30-16-19-14-23-25(37-19)27(33-8-10-36-11-9-33)32-26(31-23)20-6-3-7-22(29)21(20)15-28/h2-7,12,14-15,28H,8-11,13,16,29H2,1H3,(H,30,34). The lowest BCUT2D eigenvalue weighted by Gasteiger charge is -2.28. The first kappa shape index (κ1) is 24.7. The number of nitrogens with two attached hydrogens (primary N) is 1. The lowest BCUT2D eigenvalue weighted by atomic mass is 10.1. The Bertz CT molecular complexity index is 1450. The Kier molecular flexibility index (Phi) is 7.29. The third kappa shape index (κ3) is 5.40. The number of aromatic nitrogens is 2. The molecule has 10 heteroatoms. The molecule has 37 heavy (non-hydrogen) atoms. The van der Waals surface area contributed by atoms with E-state index in [1.165, 1.54) is 6.21 Å². The first-order valence-corrected chi connectivity index (χ1v) is 12.8. The Morgan fingerprint density at radius 2 is 2.03 bits per heavy atom. The molecule has 2 aromatic heterocycles. The Labute approximate surface area is 218 Å². The number of carbonyl (C=O) groups excluding carboxylic acids is 1. The van der Waals surface area contributed by atoms with Crippen LogP contribution in [0.2, 0.25) is 0 Å².